The summed E-state index contributed by atoms with van der Waals surface area (Å²) < 4.78 is 1.42. The van der Waals surface area contributed by atoms with Crippen molar-refractivity contribution in [2.75, 3.05) is 36.0 Å². The van der Waals surface area contributed by atoms with Crippen molar-refractivity contribution in [1.82, 2.24) is 0 Å². The number of anilines is 2. The van der Waals surface area contributed by atoms with Crippen LogP contribution in [0.5, 0.6) is 0 Å². The van der Waals surface area contributed by atoms with Crippen LogP contribution in [0.1, 0.15) is 45.2 Å². The van der Waals surface area contributed by atoms with Crippen LogP contribution in [-0.4, -0.2) is 29.4 Å². The molecular weight excluding hydrogens is 588 g/mol. The Kier molecular flexibility index (Phi) is 12.2. The Morgan fingerprint density at radius 3 is 1.45 bits per heavy atom. The van der Waals surface area contributed by atoms with Gasteiger partial charge in [0.15, 0.2) is 0 Å². The third-order valence-corrected chi connectivity index (χ3v) is 9.06. The van der Waals surface area contributed by atoms with Crippen molar-refractivity contribution in [3.8, 4) is 0 Å². The molecule has 0 atom stereocenters. The summed E-state index contributed by atoms with van der Waals surface area (Å²) in [7, 11) is 0. The average molecular weight is 630 g/mol. The molecule has 0 aliphatic heterocycles. The summed E-state index contributed by atoms with van der Waals surface area (Å²) in [5, 5.41) is 5.42. The van der Waals surface area contributed by atoms with Gasteiger partial charge in [-0.25, -0.2) is 12.2 Å². The van der Waals surface area contributed by atoms with Gasteiger partial charge in [0.05, 0.1) is 0 Å². The molecule has 6 rings (SSSR count). The second kappa shape index (κ2) is 16.3. The van der Waals surface area contributed by atoms with E-state index in [1.165, 1.54) is 71.5 Å². The summed E-state index contributed by atoms with van der Waals surface area (Å²) in [6.45, 7) is 13.1. The molecule has 0 unspecified atom stereocenters. The summed E-state index contributed by atoms with van der Waals surface area (Å²) in [6, 6.07) is 37.2. The molecule has 0 heterocycles. The summed E-state index contributed by atoms with van der Waals surface area (Å²) in [5.74, 6) is 0. The van der Waals surface area contributed by atoms with Crippen molar-refractivity contribution >= 4 is 36.1 Å². The predicted molar refractivity (Wildman–Crippen MR) is 182 cm³/mol. The molecule has 3 heteroatoms. The molecule has 0 aromatic heterocycles. The first kappa shape index (κ1) is 31.5. The Morgan fingerprint density at radius 2 is 1.12 bits per heavy atom. The first-order chi connectivity index (χ1) is 20.6. The fourth-order valence-corrected chi connectivity index (χ4v) is 6.10. The van der Waals surface area contributed by atoms with Crippen LogP contribution in [0.3, 0.4) is 0 Å². The van der Waals surface area contributed by atoms with Gasteiger partial charge in [0.1, 0.15) is 0 Å². The van der Waals surface area contributed by atoms with Crippen molar-refractivity contribution < 1.29 is 24.2 Å². The molecule has 1 aliphatic carbocycles. The van der Waals surface area contributed by atoms with Gasteiger partial charge >= 0.3 is 99.2 Å². The third-order valence-electron chi connectivity index (χ3n) is 7.64. The van der Waals surface area contributed by atoms with Gasteiger partial charge in [-0.2, -0.15) is 6.08 Å². The zero-order chi connectivity index (χ0) is 29.7. The molecule has 0 spiro atoms. The van der Waals surface area contributed by atoms with Gasteiger partial charge in [-0.05, 0) is 27.7 Å². The number of allylic oxidation sites excluding steroid dienone is 4. The van der Waals surface area contributed by atoms with E-state index in [1.54, 1.807) is 0 Å². The number of benzene rings is 4. The quantitative estimate of drug-likeness (QED) is 0.158. The van der Waals surface area contributed by atoms with E-state index in [9.17, 15) is 0 Å². The van der Waals surface area contributed by atoms with Gasteiger partial charge in [0.25, 0.3) is 0 Å². The molecule has 5 aromatic rings. The molecule has 1 aliphatic rings. The van der Waals surface area contributed by atoms with E-state index in [1.807, 2.05) is 12.2 Å². The molecular formula is C39H42N2Zr. The average Bonchev–Trinajstić information content (AvgIpc) is 3.75. The topological polar surface area (TPSA) is 6.48 Å². The van der Waals surface area contributed by atoms with Gasteiger partial charge < -0.3 is 9.80 Å². The Labute approximate surface area is 267 Å². The fraction of sp³-hybridized carbons (Fsp3) is 0.231. The molecule has 42 heavy (non-hydrogen) atoms. The molecule has 0 amide bonds. The van der Waals surface area contributed by atoms with E-state index < -0.39 is 0 Å². The number of hydrogen-bond donors (Lipinski definition) is 0. The molecule has 2 nitrogen and oxygen atoms in total. The zero-order valence-corrected chi connectivity index (χ0v) is 27.9. The van der Waals surface area contributed by atoms with E-state index in [-0.39, 0.29) is 0 Å². The van der Waals surface area contributed by atoms with Crippen LogP contribution in [0.2, 0.25) is 0 Å². The molecule has 0 fully saturated rings. The van der Waals surface area contributed by atoms with Crippen LogP contribution in [-0.2, 0) is 24.2 Å². The molecule has 0 saturated carbocycles. The summed E-state index contributed by atoms with van der Waals surface area (Å²) in [5.41, 5.74) is 5.30. The van der Waals surface area contributed by atoms with Crippen LogP contribution >= 0.6 is 0 Å². The molecule has 0 N–H and O–H groups in total. The van der Waals surface area contributed by atoms with Crippen LogP contribution < -0.4 is 9.80 Å². The van der Waals surface area contributed by atoms with Gasteiger partial charge in [-0.1, -0.05) is 36.4 Å². The maximum absolute atomic E-state index is 2.99. The first-order valence-corrected chi connectivity index (χ1v) is 16.4. The van der Waals surface area contributed by atoms with Crippen molar-refractivity contribution in [2.45, 2.75) is 34.1 Å². The molecule has 0 saturated heterocycles. The molecule has 5 aromatic carbocycles. The maximum atomic E-state index is 2.99. The van der Waals surface area contributed by atoms with Gasteiger partial charge in [-0.3, -0.25) is 6.08 Å². The zero-order valence-electron chi connectivity index (χ0n) is 25.5. The first-order valence-electron chi connectivity index (χ1n) is 15.1. The van der Waals surface area contributed by atoms with E-state index in [0.29, 0.717) is 0 Å². The SMILES string of the molecule is CCN(CC)c1ccc2c(c1)[cH-]c1cc(N(CC)CC)ccc12.[C-]1=CC=CC1.[Zr+2]=[C](c1ccccc1)c1ccccc1. The van der Waals surface area contributed by atoms with Crippen LogP contribution in [0.15, 0.2) is 121 Å². The third kappa shape index (κ3) is 8.11. The van der Waals surface area contributed by atoms with Gasteiger partial charge in [0, 0.05) is 37.6 Å². The second-order valence-electron chi connectivity index (χ2n) is 10.1. The summed E-state index contributed by atoms with van der Waals surface area (Å²) in [6.07, 6.45) is 10.0. The monoisotopic (exact) mass is 628 g/mol. The van der Waals surface area contributed by atoms with Crippen LogP contribution in [0.4, 0.5) is 11.4 Å². The van der Waals surface area contributed by atoms with Crippen molar-refractivity contribution in [3.05, 3.63) is 139 Å². The van der Waals surface area contributed by atoms with Crippen molar-refractivity contribution in [3.63, 3.8) is 0 Å². The standard InChI is InChI=1S/C21H27N2.C13H10.C5H5.Zr/c1-5-22(6-2)18-9-11-20-16(14-18)13-17-15-19(10-12-21(17)20)23(7-3)8-4;1-3-7-12(8-4-1)11-13-9-5-2-6-10-13;1-2-4-5-3-1;/h9-15H,5-8H2,1-4H3;1-10H;1-3H,4H2;/q-1;;-1;+2. The Bertz CT molecular complexity index is 1490. The fourth-order valence-electron chi connectivity index (χ4n) is 5.28. The van der Waals surface area contributed by atoms with Crippen LogP contribution in [0, 0.1) is 6.08 Å². The van der Waals surface area contributed by atoms with E-state index in [4.69, 9.17) is 0 Å². The molecule has 0 bridgehead atoms. The van der Waals surface area contributed by atoms with Crippen molar-refractivity contribution in [1.29, 1.82) is 0 Å². The minimum absolute atomic E-state index is 1.01. The Balaban J connectivity index is 0.000000179. The van der Waals surface area contributed by atoms with Gasteiger partial charge in [-0.15, -0.1) is 34.0 Å². The Hall–Kier alpha value is -3.42. The number of rotatable bonds is 8. The number of nitrogens with zero attached hydrogens (tertiary/aromatic N) is 2. The number of hydrogen-bond acceptors (Lipinski definition) is 2. The van der Waals surface area contributed by atoms with Crippen molar-refractivity contribution in [2.24, 2.45) is 0 Å². The Morgan fingerprint density at radius 1 is 0.667 bits per heavy atom. The predicted octanol–water partition coefficient (Wildman–Crippen LogP) is 9.51. The second-order valence-corrected chi connectivity index (χ2v) is 11.4. The normalized spacial score (nSPS) is 11.6. The van der Waals surface area contributed by atoms with E-state index in [0.717, 1.165) is 32.6 Å². The van der Waals surface area contributed by atoms with E-state index in [2.05, 4.69) is 153 Å². The number of fused-ring (bicyclic) bond motifs is 3. The minimum atomic E-state index is 1.01. The van der Waals surface area contributed by atoms with Crippen LogP contribution in [0.25, 0.3) is 21.5 Å². The summed E-state index contributed by atoms with van der Waals surface area (Å²) in [4.78, 5) is 4.80. The van der Waals surface area contributed by atoms with E-state index >= 15 is 0 Å². The van der Waals surface area contributed by atoms with Gasteiger partial charge in [0.2, 0.25) is 0 Å². The molecule has 212 valence electrons. The molecule has 0 radical (unpaired) electrons. The summed E-state index contributed by atoms with van der Waals surface area (Å²) >= 11 is 1.46.